The van der Waals surface area contributed by atoms with Crippen LogP contribution in [0.15, 0.2) is 0 Å². The molecule has 1 nitrogen and oxygen atoms in total. The van der Waals surface area contributed by atoms with Crippen LogP contribution in [0.4, 0.5) is 0 Å². The second kappa shape index (κ2) is 74.3. The van der Waals surface area contributed by atoms with E-state index in [1.807, 2.05) is 0 Å². The Kier molecular flexibility index (Phi) is 77.1. The van der Waals surface area contributed by atoms with Gasteiger partial charge >= 0.3 is 0 Å². The predicted molar refractivity (Wildman–Crippen MR) is 399 cm³/mol. The first-order valence-corrected chi connectivity index (χ1v) is 43.8. The number of hydrogen-bond acceptors (Lipinski definition) is 1. The van der Waals surface area contributed by atoms with Gasteiger partial charge in [-0.2, -0.15) is 0 Å². The Balaban J connectivity index is 0. The van der Waals surface area contributed by atoms with E-state index in [1.165, 1.54) is 477 Å². The third-order valence-corrected chi connectivity index (χ3v) is 28.6. The number of rotatable bonds is 75. The largest absolute Gasteiger partial charge is 0.336 e. The third kappa shape index (κ3) is 61.2. The summed E-state index contributed by atoms with van der Waals surface area (Å²) in [6.07, 6.45) is 101. The van der Waals surface area contributed by atoms with E-state index in [4.69, 9.17) is 17.4 Å². The zero-order valence-corrected chi connectivity index (χ0v) is 63.9. The fourth-order valence-electron chi connectivity index (χ4n) is 14.3. The molecule has 0 atom stereocenters. The molecule has 0 aliphatic carbocycles. The second-order valence-electron chi connectivity index (χ2n) is 28.7. The van der Waals surface area contributed by atoms with Crippen LogP contribution in [0.5, 0.6) is 0 Å². The van der Waals surface area contributed by atoms with E-state index in [0.29, 0.717) is 0 Å². The van der Waals surface area contributed by atoms with Gasteiger partial charge in [-0.25, -0.2) is 8.75 Å². The van der Waals surface area contributed by atoms with Crippen molar-refractivity contribution in [2.45, 2.75) is 484 Å². The van der Waals surface area contributed by atoms with Gasteiger partial charge < -0.3 is 4.74 Å². The maximum absolute atomic E-state index is 7.33. The normalized spacial score (nSPS) is 12.3. The molecule has 0 radical (unpaired) electrons. The SMILES string of the molecule is CCCCCCCCCCCCCCCCOC(S)=S(CCCCCCCCCCCCCCCC)(CCCCCCCCCCCCCCCC)(CCCCCCCCCCCCCCCC)CCCCCCCCCCCCCCCC.[Mo]. The van der Waals surface area contributed by atoms with Crippen molar-refractivity contribution in [3.8, 4) is 0 Å². The van der Waals surface area contributed by atoms with Crippen molar-refractivity contribution in [1.29, 1.82) is 0 Å². The van der Waals surface area contributed by atoms with Crippen molar-refractivity contribution in [1.82, 2.24) is 0 Å². The van der Waals surface area contributed by atoms with E-state index in [-0.39, 0.29) is 21.1 Å². The zero-order valence-electron chi connectivity index (χ0n) is 60.2. The van der Waals surface area contributed by atoms with Crippen LogP contribution in [0.2, 0.25) is 0 Å². The number of hydrogen-bond donors (Lipinski definition) is 1. The average Bonchev–Trinajstić information content (AvgIpc) is 3.69. The Morgan fingerprint density at radius 2 is 0.306 bits per heavy atom. The minimum absolute atomic E-state index is 0. The molecule has 4 heteroatoms. The maximum Gasteiger partial charge on any atom is 0.116 e. The fraction of sp³-hybridized carbons (Fsp3) is 0.988. The molecule has 0 aromatic rings. The molecular weight excluding hydrogens is 1150 g/mol. The predicted octanol–water partition coefficient (Wildman–Crippen LogP) is 30.8. The van der Waals surface area contributed by atoms with Crippen LogP contribution in [0.25, 0.3) is 0 Å². The summed E-state index contributed by atoms with van der Waals surface area (Å²) in [6.45, 7) is 12.6. The van der Waals surface area contributed by atoms with E-state index in [1.54, 1.807) is 0 Å². The standard InChI is InChI=1S/C81H166OS2.Mo/c1-6-11-16-21-26-31-36-41-46-51-56-61-66-71-76-82-81(83)84(77-72-67-62-57-52-47-42-37-32-27-22-17-12-7-2,78-73-68-63-58-53-48-43-38-33-28-23-18-13-8-3,79-74-69-64-59-54-49-44-39-34-29-24-19-14-9-4)80-75-70-65-60-55-50-45-40-35-30-25-20-15-10-5;/h83H,6-80H2,1-5H3;. The summed E-state index contributed by atoms with van der Waals surface area (Å²) in [5.74, 6) is 5.73. The monoisotopic (exact) mass is 1320 g/mol. The summed E-state index contributed by atoms with van der Waals surface area (Å²) in [4.78, 5) is 0. The minimum Gasteiger partial charge on any atom is -0.336 e. The van der Waals surface area contributed by atoms with E-state index in [0.717, 1.165) is 6.61 Å². The molecule has 85 heavy (non-hydrogen) atoms. The van der Waals surface area contributed by atoms with Crippen LogP contribution in [-0.4, -0.2) is 34.0 Å². The molecule has 0 aliphatic heterocycles. The van der Waals surface area contributed by atoms with Crippen molar-refractivity contribution in [2.75, 3.05) is 29.6 Å². The smallest absolute Gasteiger partial charge is 0.116 e. The van der Waals surface area contributed by atoms with Gasteiger partial charge in [0.25, 0.3) is 0 Å². The molecule has 0 heterocycles. The Bertz CT molecular complexity index is 1130. The zero-order chi connectivity index (χ0) is 60.8. The van der Waals surface area contributed by atoms with Gasteiger partial charge in [-0.15, -0.1) is 12.6 Å². The van der Waals surface area contributed by atoms with E-state index in [9.17, 15) is 0 Å². The van der Waals surface area contributed by atoms with E-state index >= 15 is 0 Å². The molecule has 0 amide bonds. The van der Waals surface area contributed by atoms with Crippen molar-refractivity contribution in [2.24, 2.45) is 0 Å². The average molecular weight is 1320 g/mol. The van der Waals surface area contributed by atoms with Crippen LogP contribution in [0, 0.1) is 0 Å². The quantitative estimate of drug-likeness (QED) is 0.0276. The fourth-order valence-corrected chi connectivity index (χ4v) is 21.7. The first-order chi connectivity index (χ1) is 41.5. The van der Waals surface area contributed by atoms with E-state index in [2.05, 4.69) is 34.6 Å². The van der Waals surface area contributed by atoms with Crippen LogP contribution in [0.3, 0.4) is 0 Å². The third-order valence-electron chi connectivity index (χ3n) is 20.3. The van der Waals surface area contributed by atoms with Gasteiger partial charge in [-0.05, 0) is 55.1 Å². The summed E-state index contributed by atoms with van der Waals surface area (Å²) >= 11 is 5.85. The summed E-state index contributed by atoms with van der Waals surface area (Å²) in [5, 5.41) is 0. The van der Waals surface area contributed by atoms with Gasteiger partial charge in [0.1, 0.15) is 4.38 Å². The Morgan fingerprint density at radius 3 is 0.447 bits per heavy atom. The summed E-state index contributed by atoms with van der Waals surface area (Å²) in [5.41, 5.74) is 0. The van der Waals surface area contributed by atoms with E-state index < -0.39 is 8.75 Å². The van der Waals surface area contributed by atoms with Crippen molar-refractivity contribution >= 4 is 25.8 Å². The van der Waals surface area contributed by atoms with Gasteiger partial charge in [0.05, 0.1) is 6.61 Å². The summed E-state index contributed by atoms with van der Waals surface area (Å²) < 4.78 is 8.65. The molecular formula is C81H166MoOS2. The first kappa shape index (κ1) is 88.3. The van der Waals surface area contributed by atoms with Crippen molar-refractivity contribution < 1.29 is 25.8 Å². The van der Waals surface area contributed by atoms with Gasteiger partial charge in [0.2, 0.25) is 0 Å². The van der Waals surface area contributed by atoms with Crippen LogP contribution in [0.1, 0.15) is 484 Å². The molecule has 0 bridgehead atoms. The van der Waals surface area contributed by atoms with Crippen LogP contribution in [-0.2, 0) is 25.8 Å². The van der Waals surface area contributed by atoms with Gasteiger partial charge in [-0.1, -0.05) is 452 Å². The van der Waals surface area contributed by atoms with Gasteiger partial charge in [0, 0.05) is 21.1 Å². The topological polar surface area (TPSA) is 9.23 Å². The number of ether oxygens (including phenoxy) is 1. The van der Waals surface area contributed by atoms with Crippen molar-refractivity contribution in [3.63, 3.8) is 0 Å². The Morgan fingerprint density at radius 1 is 0.188 bits per heavy atom. The first-order valence-electron chi connectivity index (χ1n) is 40.6. The Labute approximate surface area is 561 Å². The molecule has 514 valence electrons. The molecule has 0 saturated carbocycles. The molecule has 0 aromatic carbocycles. The molecule has 0 saturated heterocycles. The molecule has 0 N–H and O–H groups in total. The van der Waals surface area contributed by atoms with Gasteiger partial charge in [0.15, 0.2) is 0 Å². The maximum atomic E-state index is 7.33. The second-order valence-corrected chi connectivity index (χ2v) is 35.0. The number of thiol groups is 1. The minimum atomic E-state index is -2.07. The Hall–Kier alpha value is 1.22. The molecule has 0 aromatic heterocycles. The summed E-state index contributed by atoms with van der Waals surface area (Å²) in [7, 11) is -2.07. The molecule has 0 spiro atoms. The molecule has 0 unspecified atom stereocenters. The van der Waals surface area contributed by atoms with Gasteiger partial charge in [-0.3, -0.25) is 0 Å². The van der Waals surface area contributed by atoms with Crippen LogP contribution < -0.4 is 0 Å². The number of unbranched alkanes of at least 4 members (excludes halogenated alkanes) is 65. The van der Waals surface area contributed by atoms with Crippen molar-refractivity contribution in [3.05, 3.63) is 0 Å². The molecule has 0 aliphatic rings. The summed E-state index contributed by atoms with van der Waals surface area (Å²) in [6, 6.07) is 0. The molecule has 0 fully saturated rings. The van der Waals surface area contributed by atoms with Crippen LogP contribution >= 0.6 is 21.4 Å². The molecule has 0 rings (SSSR count).